The van der Waals surface area contributed by atoms with Crippen molar-refractivity contribution in [1.82, 2.24) is 5.43 Å². The number of benzene rings is 3. The summed E-state index contributed by atoms with van der Waals surface area (Å²) in [6.07, 6.45) is 0. The molecule has 0 aromatic heterocycles. The van der Waals surface area contributed by atoms with Crippen molar-refractivity contribution in [2.45, 2.75) is 11.8 Å². The van der Waals surface area contributed by atoms with E-state index in [0.29, 0.717) is 22.7 Å². The molecule has 0 spiro atoms. The maximum atomic E-state index is 12.7. The lowest BCUT2D eigenvalue weighted by molar-refractivity contribution is 0.0954. The Hall–Kier alpha value is -4.16. The number of nitrogens with zero attached hydrogens (tertiary/aromatic N) is 2. The third-order valence-electron chi connectivity index (χ3n) is 4.51. The van der Waals surface area contributed by atoms with E-state index in [2.05, 4.69) is 15.2 Å². The summed E-state index contributed by atoms with van der Waals surface area (Å²) in [4.78, 5) is 12.4. The van der Waals surface area contributed by atoms with Gasteiger partial charge in [0.25, 0.3) is 15.9 Å². The van der Waals surface area contributed by atoms with Crippen LogP contribution in [0.3, 0.4) is 0 Å². The topological polar surface area (TPSA) is 121 Å². The van der Waals surface area contributed by atoms with Gasteiger partial charge in [-0.15, -0.1) is 0 Å². The minimum atomic E-state index is -3.90. The van der Waals surface area contributed by atoms with Crippen molar-refractivity contribution in [2.75, 3.05) is 11.8 Å². The standard InChI is InChI=1S/C23H20N4O4S/c1-16(18-8-6-17(15-24)7-9-18)25-26-23(28)19-4-3-5-22(14-19)32(29,30)27-20-10-12-21(31-2)13-11-20/h3-14,27H,1-2H3,(H,26,28)/b25-16+. The molecule has 3 rings (SSSR count). The molecule has 32 heavy (non-hydrogen) atoms. The van der Waals surface area contributed by atoms with Gasteiger partial charge in [0.05, 0.1) is 29.3 Å². The molecular weight excluding hydrogens is 428 g/mol. The van der Waals surface area contributed by atoms with Crippen LogP contribution in [0, 0.1) is 11.3 Å². The van der Waals surface area contributed by atoms with Gasteiger partial charge < -0.3 is 4.74 Å². The number of nitriles is 1. The van der Waals surface area contributed by atoms with Crippen molar-refractivity contribution < 1.29 is 17.9 Å². The van der Waals surface area contributed by atoms with Gasteiger partial charge in [-0.2, -0.15) is 10.4 Å². The van der Waals surface area contributed by atoms with Crippen molar-refractivity contribution >= 4 is 27.3 Å². The number of nitrogens with one attached hydrogen (secondary N) is 2. The van der Waals surface area contributed by atoms with E-state index in [1.807, 2.05) is 6.07 Å². The number of anilines is 1. The number of hydrogen-bond acceptors (Lipinski definition) is 6. The van der Waals surface area contributed by atoms with Gasteiger partial charge in [-0.1, -0.05) is 18.2 Å². The predicted octanol–water partition coefficient (Wildman–Crippen LogP) is 3.52. The first-order chi connectivity index (χ1) is 15.3. The number of rotatable bonds is 7. The summed E-state index contributed by atoms with van der Waals surface area (Å²) in [6, 6.07) is 20.9. The lowest BCUT2D eigenvalue weighted by Crippen LogP contribution is -2.20. The maximum Gasteiger partial charge on any atom is 0.271 e. The molecule has 0 saturated carbocycles. The summed E-state index contributed by atoms with van der Waals surface area (Å²) in [5.41, 5.74) is 4.72. The molecule has 0 radical (unpaired) electrons. The molecular formula is C23H20N4O4S. The minimum absolute atomic E-state index is 0.0613. The number of carbonyl (C=O) groups excluding carboxylic acids is 1. The van der Waals surface area contributed by atoms with Gasteiger partial charge in [-0.3, -0.25) is 9.52 Å². The maximum absolute atomic E-state index is 12.7. The zero-order valence-electron chi connectivity index (χ0n) is 17.4. The molecule has 1 amide bonds. The highest BCUT2D eigenvalue weighted by Crippen LogP contribution is 2.20. The fraction of sp³-hybridized carbons (Fsp3) is 0.0870. The lowest BCUT2D eigenvalue weighted by Gasteiger charge is -2.10. The summed E-state index contributed by atoms with van der Waals surface area (Å²) in [6.45, 7) is 1.71. The Labute approximate surface area is 186 Å². The lowest BCUT2D eigenvalue weighted by atomic mass is 10.1. The van der Waals surface area contributed by atoms with Crippen LogP contribution in [-0.4, -0.2) is 27.1 Å². The first kappa shape index (κ1) is 22.5. The Kier molecular flexibility index (Phi) is 6.87. The third-order valence-corrected chi connectivity index (χ3v) is 5.88. The van der Waals surface area contributed by atoms with Crippen LogP contribution in [0.15, 0.2) is 82.8 Å². The smallest absolute Gasteiger partial charge is 0.271 e. The molecule has 8 nitrogen and oxygen atoms in total. The molecule has 2 N–H and O–H groups in total. The second-order valence-electron chi connectivity index (χ2n) is 6.69. The highest BCUT2D eigenvalue weighted by Gasteiger charge is 2.16. The highest BCUT2D eigenvalue weighted by atomic mass is 32.2. The van der Waals surface area contributed by atoms with Crippen LogP contribution in [0.25, 0.3) is 0 Å². The van der Waals surface area contributed by atoms with Gasteiger partial charge in [0.1, 0.15) is 5.75 Å². The van der Waals surface area contributed by atoms with Gasteiger partial charge >= 0.3 is 0 Å². The minimum Gasteiger partial charge on any atom is -0.497 e. The molecule has 0 aliphatic rings. The van der Waals surface area contributed by atoms with E-state index < -0.39 is 15.9 Å². The monoisotopic (exact) mass is 448 g/mol. The van der Waals surface area contributed by atoms with Gasteiger partial charge in [-0.25, -0.2) is 13.8 Å². The molecule has 0 atom stereocenters. The average Bonchev–Trinajstić information content (AvgIpc) is 2.82. The number of amides is 1. The molecule has 0 unspecified atom stereocenters. The Bertz CT molecular complexity index is 1290. The zero-order chi connectivity index (χ0) is 23.1. The molecule has 9 heteroatoms. The molecule has 0 bridgehead atoms. The quantitative estimate of drug-likeness (QED) is 0.423. The summed E-state index contributed by atoms with van der Waals surface area (Å²) in [5.74, 6) is 0.0444. The van der Waals surface area contributed by atoms with Crippen molar-refractivity contribution in [2.24, 2.45) is 5.10 Å². The van der Waals surface area contributed by atoms with Crippen molar-refractivity contribution in [1.29, 1.82) is 5.26 Å². The fourth-order valence-electron chi connectivity index (χ4n) is 2.73. The highest BCUT2D eigenvalue weighted by molar-refractivity contribution is 7.92. The summed E-state index contributed by atoms with van der Waals surface area (Å²) < 4.78 is 32.9. The SMILES string of the molecule is COc1ccc(NS(=O)(=O)c2cccc(C(=O)N/N=C(\C)c3ccc(C#N)cc3)c2)cc1. The van der Waals surface area contributed by atoms with Gasteiger partial charge in [0.2, 0.25) is 0 Å². The second kappa shape index (κ2) is 9.76. The van der Waals surface area contributed by atoms with Gasteiger partial charge in [-0.05, 0) is 67.1 Å². The fourth-order valence-corrected chi connectivity index (χ4v) is 3.83. The number of carbonyl (C=O) groups is 1. The van der Waals surface area contributed by atoms with Crippen LogP contribution in [0.5, 0.6) is 5.75 Å². The van der Waals surface area contributed by atoms with E-state index in [0.717, 1.165) is 5.56 Å². The third kappa shape index (κ3) is 5.50. The summed E-state index contributed by atoms with van der Waals surface area (Å²) >= 11 is 0. The van der Waals surface area contributed by atoms with Crippen LogP contribution >= 0.6 is 0 Å². The van der Waals surface area contributed by atoms with Crippen LogP contribution < -0.4 is 14.9 Å². The van der Waals surface area contributed by atoms with Crippen LogP contribution in [0.2, 0.25) is 0 Å². The Morgan fingerprint density at radius 2 is 1.69 bits per heavy atom. The Balaban J connectivity index is 1.73. The Morgan fingerprint density at radius 1 is 1.00 bits per heavy atom. The predicted molar refractivity (Wildman–Crippen MR) is 121 cm³/mol. The number of sulfonamides is 1. The van der Waals surface area contributed by atoms with E-state index in [1.165, 1.54) is 31.4 Å². The first-order valence-corrected chi connectivity index (χ1v) is 10.9. The van der Waals surface area contributed by atoms with Crippen LogP contribution in [0.4, 0.5) is 5.69 Å². The summed E-state index contributed by atoms with van der Waals surface area (Å²) in [5, 5.41) is 12.9. The zero-order valence-corrected chi connectivity index (χ0v) is 18.2. The molecule has 3 aromatic rings. The van der Waals surface area contributed by atoms with E-state index in [1.54, 1.807) is 55.5 Å². The summed E-state index contributed by atoms with van der Waals surface area (Å²) in [7, 11) is -2.38. The normalized spacial score (nSPS) is 11.3. The molecule has 3 aromatic carbocycles. The van der Waals surface area contributed by atoms with Crippen molar-refractivity contribution in [3.05, 3.63) is 89.5 Å². The number of ether oxygens (including phenoxy) is 1. The number of hydrazone groups is 1. The average molecular weight is 449 g/mol. The van der Waals surface area contributed by atoms with Gasteiger partial charge in [0.15, 0.2) is 0 Å². The van der Waals surface area contributed by atoms with Crippen LogP contribution in [0.1, 0.15) is 28.4 Å². The van der Waals surface area contributed by atoms with Crippen LogP contribution in [-0.2, 0) is 10.0 Å². The molecule has 0 heterocycles. The number of methoxy groups -OCH3 is 1. The molecule has 0 fully saturated rings. The molecule has 162 valence electrons. The van der Waals surface area contributed by atoms with E-state index in [9.17, 15) is 13.2 Å². The first-order valence-electron chi connectivity index (χ1n) is 9.44. The second-order valence-corrected chi connectivity index (χ2v) is 8.37. The van der Waals surface area contributed by atoms with E-state index in [-0.39, 0.29) is 10.5 Å². The van der Waals surface area contributed by atoms with E-state index in [4.69, 9.17) is 10.00 Å². The molecule has 0 aliphatic carbocycles. The Morgan fingerprint density at radius 3 is 2.31 bits per heavy atom. The largest absolute Gasteiger partial charge is 0.497 e. The molecule has 0 aliphatic heterocycles. The molecule has 0 saturated heterocycles. The van der Waals surface area contributed by atoms with Crippen molar-refractivity contribution in [3.8, 4) is 11.8 Å². The van der Waals surface area contributed by atoms with Crippen molar-refractivity contribution in [3.63, 3.8) is 0 Å². The van der Waals surface area contributed by atoms with E-state index >= 15 is 0 Å². The number of hydrogen-bond donors (Lipinski definition) is 2. The van der Waals surface area contributed by atoms with Gasteiger partial charge in [0, 0.05) is 11.3 Å².